The lowest BCUT2D eigenvalue weighted by Crippen LogP contribution is -2.52. The quantitative estimate of drug-likeness (QED) is 0.368. The van der Waals surface area contributed by atoms with E-state index in [0.29, 0.717) is 13.0 Å². The van der Waals surface area contributed by atoms with E-state index in [1.165, 1.54) is 11.8 Å². The number of carbonyl (C=O) groups is 2. The topological polar surface area (TPSA) is 175 Å². The number of aromatic nitrogens is 2. The lowest BCUT2D eigenvalue weighted by molar-refractivity contribution is -0.141. The molecule has 0 spiro atoms. The van der Waals surface area contributed by atoms with E-state index < -0.39 is 30.2 Å². The zero-order chi connectivity index (χ0) is 18.3. The van der Waals surface area contributed by atoms with Gasteiger partial charge in [0.2, 0.25) is 5.89 Å². The molecule has 0 aliphatic heterocycles. The molecule has 11 heteroatoms. The summed E-state index contributed by atoms with van der Waals surface area (Å²) in [6.45, 7) is 3.00. The van der Waals surface area contributed by atoms with Crippen LogP contribution in [0.5, 0.6) is 0 Å². The minimum absolute atomic E-state index is 0.0586. The number of aliphatic hydroxyl groups excluding tert-OH is 2. The zero-order valence-corrected chi connectivity index (χ0v) is 13.5. The number of carboxylic acids is 1. The second-order valence-corrected chi connectivity index (χ2v) is 5.26. The molecule has 1 aromatic rings. The predicted molar refractivity (Wildman–Crippen MR) is 80.6 cm³/mol. The highest BCUT2D eigenvalue weighted by molar-refractivity contribution is 5.83. The van der Waals surface area contributed by atoms with E-state index in [1.54, 1.807) is 0 Å². The standard InChI is InChI=1S/C13H23N5O6/c1-3-4-18(13(23)16-10(7(2)20)12(21)22)5-9-15-11(17-24-9)8(14)6-19/h7-8,10,19-20H,3-6,14H2,1-2H3,(H,16,23)(H,21,22). The Morgan fingerprint density at radius 2 is 2.12 bits per heavy atom. The highest BCUT2D eigenvalue weighted by atomic mass is 16.5. The molecule has 0 saturated carbocycles. The first-order valence-corrected chi connectivity index (χ1v) is 7.45. The molecule has 0 saturated heterocycles. The van der Waals surface area contributed by atoms with Crippen LogP contribution < -0.4 is 11.1 Å². The van der Waals surface area contributed by atoms with Crippen LogP contribution >= 0.6 is 0 Å². The van der Waals surface area contributed by atoms with Gasteiger partial charge in [0.15, 0.2) is 11.9 Å². The van der Waals surface area contributed by atoms with Gasteiger partial charge in [-0.2, -0.15) is 4.98 Å². The van der Waals surface area contributed by atoms with Crippen LogP contribution in [0, 0.1) is 0 Å². The Kier molecular flexibility index (Phi) is 7.55. The first-order chi connectivity index (χ1) is 11.3. The minimum Gasteiger partial charge on any atom is -0.480 e. The zero-order valence-electron chi connectivity index (χ0n) is 13.5. The molecule has 0 aliphatic rings. The molecule has 0 aliphatic carbocycles. The van der Waals surface area contributed by atoms with Crippen LogP contribution in [0.1, 0.15) is 38.0 Å². The van der Waals surface area contributed by atoms with E-state index in [4.69, 9.17) is 20.5 Å². The van der Waals surface area contributed by atoms with E-state index in [2.05, 4.69) is 15.5 Å². The number of nitrogens with one attached hydrogen (secondary N) is 1. The van der Waals surface area contributed by atoms with Gasteiger partial charge < -0.3 is 35.8 Å². The average molecular weight is 345 g/mol. The maximum atomic E-state index is 12.2. The summed E-state index contributed by atoms with van der Waals surface area (Å²) in [7, 11) is 0. The van der Waals surface area contributed by atoms with Crippen molar-refractivity contribution >= 4 is 12.0 Å². The van der Waals surface area contributed by atoms with E-state index >= 15 is 0 Å². The summed E-state index contributed by atoms with van der Waals surface area (Å²) >= 11 is 0. The van der Waals surface area contributed by atoms with Gasteiger partial charge in [-0.1, -0.05) is 12.1 Å². The lowest BCUT2D eigenvalue weighted by atomic mass is 10.2. The summed E-state index contributed by atoms with van der Waals surface area (Å²) < 4.78 is 4.97. The monoisotopic (exact) mass is 345 g/mol. The molecule has 1 rings (SSSR count). The molecule has 3 atom stereocenters. The van der Waals surface area contributed by atoms with Crippen LogP contribution in [0.3, 0.4) is 0 Å². The third-order valence-electron chi connectivity index (χ3n) is 3.15. The van der Waals surface area contributed by atoms with E-state index in [0.717, 1.165) is 0 Å². The number of carboxylic acid groups (broad SMARTS) is 1. The first-order valence-electron chi connectivity index (χ1n) is 7.45. The van der Waals surface area contributed by atoms with Crippen molar-refractivity contribution in [3.8, 4) is 0 Å². The van der Waals surface area contributed by atoms with Crippen molar-refractivity contribution in [3.63, 3.8) is 0 Å². The molecule has 0 radical (unpaired) electrons. The van der Waals surface area contributed by atoms with Gasteiger partial charge >= 0.3 is 12.0 Å². The lowest BCUT2D eigenvalue weighted by Gasteiger charge is -2.24. The largest absolute Gasteiger partial charge is 0.480 e. The normalized spacial score (nSPS) is 14.7. The van der Waals surface area contributed by atoms with Crippen LogP contribution in [0.4, 0.5) is 4.79 Å². The smallest absolute Gasteiger partial charge is 0.328 e. The second-order valence-electron chi connectivity index (χ2n) is 5.26. The van der Waals surface area contributed by atoms with Crippen molar-refractivity contribution in [1.29, 1.82) is 0 Å². The fourth-order valence-corrected chi connectivity index (χ4v) is 1.86. The number of aliphatic hydroxyl groups is 2. The average Bonchev–Trinajstić information content (AvgIpc) is 2.99. The Bertz CT molecular complexity index is 549. The fraction of sp³-hybridized carbons (Fsp3) is 0.692. The van der Waals surface area contributed by atoms with E-state index in [9.17, 15) is 14.7 Å². The fourth-order valence-electron chi connectivity index (χ4n) is 1.86. The van der Waals surface area contributed by atoms with Crippen LogP contribution in [-0.4, -0.2) is 67.7 Å². The van der Waals surface area contributed by atoms with E-state index in [-0.39, 0.29) is 24.9 Å². The molecule has 1 heterocycles. The van der Waals surface area contributed by atoms with Crippen molar-refractivity contribution in [2.45, 2.75) is 45.0 Å². The summed E-state index contributed by atoms with van der Waals surface area (Å²) in [6.07, 6.45) is -0.649. The summed E-state index contributed by atoms with van der Waals surface area (Å²) in [5.74, 6) is -1.14. The Balaban J connectivity index is 2.80. The van der Waals surface area contributed by atoms with Crippen molar-refractivity contribution in [2.24, 2.45) is 5.73 Å². The predicted octanol–water partition coefficient (Wildman–Crippen LogP) is -1.18. The van der Waals surface area contributed by atoms with Gasteiger partial charge in [-0.3, -0.25) is 0 Å². The number of nitrogens with zero attached hydrogens (tertiary/aromatic N) is 3. The first kappa shape index (κ1) is 19.8. The highest BCUT2D eigenvalue weighted by Gasteiger charge is 2.28. The van der Waals surface area contributed by atoms with Gasteiger partial charge in [0.25, 0.3) is 0 Å². The van der Waals surface area contributed by atoms with Crippen LogP contribution in [0.2, 0.25) is 0 Å². The number of nitrogens with two attached hydrogens (primary N) is 1. The third-order valence-corrected chi connectivity index (χ3v) is 3.15. The molecule has 24 heavy (non-hydrogen) atoms. The summed E-state index contributed by atoms with van der Waals surface area (Å²) in [4.78, 5) is 28.6. The molecular weight excluding hydrogens is 322 g/mol. The summed E-state index contributed by atoms with van der Waals surface area (Å²) in [6, 6.07) is -2.91. The molecule has 2 amide bonds. The molecule has 0 bridgehead atoms. The van der Waals surface area contributed by atoms with Crippen LogP contribution in [-0.2, 0) is 11.3 Å². The second kappa shape index (κ2) is 9.15. The number of hydrogen-bond donors (Lipinski definition) is 5. The molecule has 6 N–H and O–H groups in total. The van der Waals surface area contributed by atoms with Crippen molar-refractivity contribution in [1.82, 2.24) is 20.4 Å². The Labute approximate surface area is 138 Å². The molecular formula is C13H23N5O6. The molecule has 1 aromatic heterocycles. The molecule has 11 nitrogen and oxygen atoms in total. The van der Waals surface area contributed by atoms with Crippen molar-refractivity contribution in [3.05, 3.63) is 11.7 Å². The Hall–Kier alpha value is -2.24. The summed E-state index contributed by atoms with van der Waals surface area (Å²) in [5.41, 5.74) is 5.57. The summed E-state index contributed by atoms with van der Waals surface area (Å²) in [5, 5.41) is 33.3. The molecule has 136 valence electrons. The van der Waals surface area contributed by atoms with Crippen molar-refractivity contribution in [2.75, 3.05) is 13.2 Å². The van der Waals surface area contributed by atoms with Gasteiger partial charge in [0.05, 0.1) is 18.8 Å². The van der Waals surface area contributed by atoms with Crippen LogP contribution in [0.25, 0.3) is 0 Å². The minimum atomic E-state index is -1.43. The number of rotatable bonds is 9. The van der Waals surface area contributed by atoms with Gasteiger partial charge in [-0.05, 0) is 13.3 Å². The number of carbonyl (C=O) groups excluding carboxylic acids is 1. The van der Waals surface area contributed by atoms with Gasteiger partial charge in [-0.25, -0.2) is 9.59 Å². The SMILES string of the molecule is CCCN(Cc1nc(C(N)CO)no1)C(=O)NC(C(=O)O)C(C)O. The van der Waals surface area contributed by atoms with Crippen LogP contribution in [0.15, 0.2) is 4.52 Å². The van der Waals surface area contributed by atoms with Crippen molar-refractivity contribution < 1.29 is 29.4 Å². The Morgan fingerprint density at radius 3 is 2.62 bits per heavy atom. The molecule has 3 unspecified atom stereocenters. The maximum absolute atomic E-state index is 12.2. The number of urea groups is 1. The highest BCUT2D eigenvalue weighted by Crippen LogP contribution is 2.09. The van der Waals surface area contributed by atoms with E-state index in [1.807, 2.05) is 6.92 Å². The maximum Gasteiger partial charge on any atom is 0.328 e. The number of aliphatic carboxylic acids is 1. The molecule has 0 aromatic carbocycles. The number of hydrogen-bond acceptors (Lipinski definition) is 8. The third kappa shape index (κ3) is 5.44. The number of amides is 2. The van der Waals surface area contributed by atoms with Gasteiger partial charge in [0, 0.05) is 6.54 Å². The molecule has 0 fully saturated rings. The van der Waals surface area contributed by atoms with Gasteiger partial charge in [-0.15, -0.1) is 0 Å². The Morgan fingerprint density at radius 1 is 1.46 bits per heavy atom. The van der Waals surface area contributed by atoms with Gasteiger partial charge in [0.1, 0.15) is 6.54 Å².